The molecule has 0 radical (unpaired) electrons. The summed E-state index contributed by atoms with van der Waals surface area (Å²) in [5, 5.41) is 0. The van der Waals surface area contributed by atoms with Gasteiger partial charge in [0.15, 0.2) is 0 Å². The minimum absolute atomic E-state index is 0.864. The molecule has 0 unspecified atom stereocenters. The molecule has 0 bridgehead atoms. The van der Waals surface area contributed by atoms with Gasteiger partial charge in [-0.3, -0.25) is 0 Å². The lowest BCUT2D eigenvalue weighted by molar-refractivity contribution is 0.573. The van der Waals surface area contributed by atoms with Crippen LogP contribution in [0.2, 0.25) is 0 Å². The van der Waals surface area contributed by atoms with Crippen LogP contribution >= 0.6 is 0 Å². The van der Waals surface area contributed by atoms with E-state index in [4.69, 9.17) is 0 Å². The number of hydrogen-bond donors (Lipinski definition) is 0. The highest BCUT2D eigenvalue weighted by Crippen LogP contribution is 2.26. The van der Waals surface area contributed by atoms with Crippen LogP contribution < -0.4 is 0 Å². The molecule has 0 N–H and O–H groups in total. The molecule has 0 saturated carbocycles. The Bertz CT molecular complexity index is 180. The van der Waals surface area contributed by atoms with Gasteiger partial charge in [-0.1, -0.05) is 32.3 Å². The number of rotatable bonds is 3. The SMILES string of the molecule is BC1=C(CCC(C)C)CCCCC1. The van der Waals surface area contributed by atoms with Crippen LogP contribution in [-0.4, -0.2) is 7.85 Å². The summed E-state index contributed by atoms with van der Waals surface area (Å²) in [4.78, 5) is 0. The smallest absolute Gasteiger partial charge is 0.111 e. The van der Waals surface area contributed by atoms with Crippen molar-refractivity contribution in [1.82, 2.24) is 0 Å². The third-order valence-electron chi connectivity index (χ3n) is 3.16. The van der Waals surface area contributed by atoms with Crippen LogP contribution in [0, 0.1) is 5.92 Å². The maximum atomic E-state index is 2.35. The fraction of sp³-hybridized carbons (Fsp3) is 0.833. The highest BCUT2D eigenvalue weighted by Gasteiger charge is 2.07. The summed E-state index contributed by atoms with van der Waals surface area (Å²) >= 11 is 0. The summed E-state index contributed by atoms with van der Waals surface area (Å²) in [7, 11) is 2.35. The Hall–Kier alpha value is -0.195. The monoisotopic (exact) mass is 178 g/mol. The van der Waals surface area contributed by atoms with Gasteiger partial charge in [-0.05, 0) is 38.0 Å². The highest BCUT2D eigenvalue weighted by atomic mass is 14.1. The zero-order chi connectivity index (χ0) is 9.68. The van der Waals surface area contributed by atoms with Gasteiger partial charge in [0.25, 0.3) is 0 Å². The first-order chi connectivity index (χ1) is 6.20. The third-order valence-corrected chi connectivity index (χ3v) is 3.16. The molecule has 0 nitrogen and oxygen atoms in total. The lowest BCUT2D eigenvalue weighted by Crippen LogP contribution is -1.94. The minimum atomic E-state index is 0.864. The van der Waals surface area contributed by atoms with Gasteiger partial charge in [0.2, 0.25) is 0 Å². The van der Waals surface area contributed by atoms with Crippen molar-refractivity contribution in [2.45, 2.75) is 58.8 Å². The second-order valence-electron chi connectivity index (χ2n) is 4.88. The minimum Gasteiger partial charge on any atom is -0.111 e. The van der Waals surface area contributed by atoms with E-state index in [2.05, 4.69) is 21.7 Å². The second kappa shape index (κ2) is 5.52. The lowest BCUT2D eigenvalue weighted by atomic mass is 9.84. The Labute approximate surface area is 84.2 Å². The molecule has 0 aromatic carbocycles. The molecule has 0 aromatic rings. The quantitative estimate of drug-likeness (QED) is 0.582. The fourth-order valence-corrected chi connectivity index (χ4v) is 2.10. The molecular formula is C12H23B. The maximum absolute atomic E-state index is 2.35. The van der Waals surface area contributed by atoms with E-state index in [1.54, 1.807) is 11.0 Å². The Morgan fingerprint density at radius 2 is 1.85 bits per heavy atom. The van der Waals surface area contributed by atoms with E-state index in [9.17, 15) is 0 Å². The van der Waals surface area contributed by atoms with Crippen molar-refractivity contribution < 1.29 is 0 Å². The molecule has 0 aromatic heterocycles. The average Bonchev–Trinajstić information content (AvgIpc) is 2.27. The van der Waals surface area contributed by atoms with Crippen LogP contribution in [0.4, 0.5) is 0 Å². The van der Waals surface area contributed by atoms with Crippen molar-refractivity contribution >= 4 is 7.85 Å². The number of allylic oxidation sites excluding steroid dienone is 2. The van der Waals surface area contributed by atoms with Gasteiger partial charge in [0, 0.05) is 0 Å². The summed E-state index contributed by atoms with van der Waals surface area (Å²) in [6.07, 6.45) is 9.81. The molecule has 1 aliphatic carbocycles. The summed E-state index contributed by atoms with van der Waals surface area (Å²) in [6.45, 7) is 4.65. The first kappa shape index (κ1) is 10.9. The normalized spacial score (nSPS) is 19.3. The second-order valence-corrected chi connectivity index (χ2v) is 4.88. The van der Waals surface area contributed by atoms with Gasteiger partial charge in [-0.25, -0.2) is 0 Å². The average molecular weight is 178 g/mol. The van der Waals surface area contributed by atoms with Crippen LogP contribution in [-0.2, 0) is 0 Å². The Morgan fingerprint density at radius 1 is 1.15 bits per heavy atom. The molecule has 1 heteroatoms. The van der Waals surface area contributed by atoms with Crippen LogP contribution in [0.25, 0.3) is 0 Å². The molecule has 13 heavy (non-hydrogen) atoms. The Balaban J connectivity index is 2.43. The van der Waals surface area contributed by atoms with Gasteiger partial charge in [0.05, 0.1) is 0 Å². The van der Waals surface area contributed by atoms with Crippen molar-refractivity contribution in [3.05, 3.63) is 11.0 Å². The van der Waals surface area contributed by atoms with Crippen molar-refractivity contribution in [3.63, 3.8) is 0 Å². The van der Waals surface area contributed by atoms with Crippen LogP contribution in [0.15, 0.2) is 11.0 Å². The lowest BCUT2D eigenvalue weighted by Gasteiger charge is -2.10. The van der Waals surface area contributed by atoms with Crippen LogP contribution in [0.1, 0.15) is 58.8 Å². The van der Waals surface area contributed by atoms with Crippen LogP contribution in [0.3, 0.4) is 0 Å². The largest absolute Gasteiger partial charge is 0.133 e. The zero-order valence-electron chi connectivity index (χ0n) is 9.53. The molecule has 0 saturated heterocycles. The van der Waals surface area contributed by atoms with Crippen molar-refractivity contribution in [1.29, 1.82) is 0 Å². The molecule has 1 rings (SSSR count). The third kappa shape index (κ3) is 4.02. The maximum Gasteiger partial charge on any atom is 0.133 e. The van der Waals surface area contributed by atoms with E-state index >= 15 is 0 Å². The van der Waals surface area contributed by atoms with Crippen LogP contribution in [0.5, 0.6) is 0 Å². The van der Waals surface area contributed by atoms with E-state index in [0.29, 0.717) is 0 Å². The highest BCUT2D eigenvalue weighted by molar-refractivity contribution is 6.22. The van der Waals surface area contributed by atoms with Gasteiger partial charge in [0.1, 0.15) is 7.85 Å². The Morgan fingerprint density at radius 3 is 2.54 bits per heavy atom. The van der Waals surface area contributed by atoms with Gasteiger partial charge in [-0.15, -0.1) is 5.47 Å². The molecule has 74 valence electrons. The Kier molecular flexibility index (Phi) is 4.62. The van der Waals surface area contributed by atoms with E-state index < -0.39 is 0 Å². The molecule has 0 atom stereocenters. The van der Waals surface area contributed by atoms with Crippen molar-refractivity contribution in [2.75, 3.05) is 0 Å². The van der Waals surface area contributed by atoms with Crippen molar-refractivity contribution in [3.8, 4) is 0 Å². The topological polar surface area (TPSA) is 0 Å². The van der Waals surface area contributed by atoms with E-state index in [0.717, 1.165) is 5.92 Å². The molecule has 0 spiro atoms. The predicted octanol–water partition coefficient (Wildman–Crippen LogP) is 3.27. The fourth-order valence-electron chi connectivity index (χ4n) is 2.10. The molecular weight excluding hydrogens is 155 g/mol. The zero-order valence-corrected chi connectivity index (χ0v) is 9.53. The van der Waals surface area contributed by atoms with E-state index in [1.165, 1.54) is 44.9 Å². The summed E-state index contributed by atoms with van der Waals surface area (Å²) in [6, 6.07) is 0. The summed E-state index contributed by atoms with van der Waals surface area (Å²) < 4.78 is 0. The first-order valence-electron chi connectivity index (χ1n) is 5.87. The predicted molar refractivity (Wildman–Crippen MR) is 62.7 cm³/mol. The van der Waals surface area contributed by atoms with E-state index in [1.807, 2.05) is 0 Å². The number of hydrogen-bond acceptors (Lipinski definition) is 0. The summed E-state index contributed by atoms with van der Waals surface area (Å²) in [5.41, 5.74) is 3.49. The van der Waals surface area contributed by atoms with Gasteiger partial charge >= 0.3 is 0 Å². The standard InChI is InChI=1S/C12H23B/c1-10(2)8-9-11-6-4-3-5-7-12(11)13/h10H,3-9,13H2,1-2H3. The van der Waals surface area contributed by atoms with Gasteiger partial charge < -0.3 is 0 Å². The molecule has 0 amide bonds. The molecule has 1 aliphatic rings. The first-order valence-corrected chi connectivity index (χ1v) is 5.87. The molecule has 0 fully saturated rings. The van der Waals surface area contributed by atoms with Crippen molar-refractivity contribution in [2.24, 2.45) is 5.92 Å². The van der Waals surface area contributed by atoms with Gasteiger partial charge in [-0.2, -0.15) is 0 Å². The van der Waals surface area contributed by atoms with E-state index in [-0.39, 0.29) is 0 Å². The molecule has 0 aliphatic heterocycles. The summed E-state index contributed by atoms with van der Waals surface area (Å²) in [5.74, 6) is 0.864. The molecule has 0 heterocycles.